The molecule has 0 aromatic carbocycles. The molecular formula is C12H16N2O2. The summed E-state index contributed by atoms with van der Waals surface area (Å²) in [6.45, 7) is 0.837. The third kappa shape index (κ3) is 3.82. The van der Waals surface area contributed by atoms with Crippen molar-refractivity contribution in [3.05, 3.63) is 35.7 Å². The Labute approximate surface area is 95.6 Å². The maximum atomic E-state index is 11.3. The standard InChI is InChI=1S/C12H16N2O2/c1-14(2)8-4-5-11-9-10(6-7-13-11)12(15)16-3/h4-7,9H,8H2,1-3H3/b5-4-. The van der Waals surface area contributed by atoms with Gasteiger partial charge in [0, 0.05) is 12.7 Å². The molecular weight excluding hydrogens is 204 g/mol. The lowest BCUT2D eigenvalue weighted by molar-refractivity contribution is 0.0600. The van der Waals surface area contributed by atoms with Crippen LogP contribution in [-0.4, -0.2) is 43.6 Å². The van der Waals surface area contributed by atoms with Gasteiger partial charge in [0.25, 0.3) is 0 Å². The van der Waals surface area contributed by atoms with E-state index in [-0.39, 0.29) is 5.97 Å². The van der Waals surface area contributed by atoms with Crippen LogP contribution in [0.5, 0.6) is 0 Å². The molecule has 0 amide bonds. The van der Waals surface area contributed by atoms with Gasteiger partial charge >= 0.3 is 5.97 Å². The molecule has 86 valence electrons. The highest BCUT2D eigenvalue weighted by Crippen LogP contribution is 2.05. The highest BCUT2D eigenvalue weighted by Gasteiger charge is 2.04. The van der Waals surface area contributed by atoms with Gasteiger partial charge in [-0.3, -0.25) is 4.98 Å². The largest absolute Gasteiger partial charge is 0.465 e. The van der Waals surface area contributed by atoms with Crippen molar-refractivity contribution in [2.75, 3.05) is 27.7 Å². The van der Waals surface area contributed by atoms with Crippen LogP contribution < -0.4 is 0 Å². The highest BCUT2D eigenvalue weighted by atomic mass is 16.5. The molecule has 0 N–H and O–H groups in total. The first-order valence-electron chi connectivity index (χ1n) is 4.99. The minimum Gasteiger partial charge on any atom is -0.465 e. The van der Waals surface area contributed by atoms with Gasteiger partial charge in [0.05, 0.1) is 18.4 Å². The van der Waals surface area contributed by atoms with Gasteiger partial charge in [-0.15, -0.1) is 0 Å². The molecule has 16 heavy (non-hydrogen) atoms. The number of methoxy groups -OCH3 is 1. The quantitative estimate of drug-likeness (QED) is 0.720. The van der Waals surface area contributed by atoms with E-state index in [1.807, 2.05) is 31.1 Å². The smallest absolute Gasteiger partial charge is 0.337 e. The number of carbonyl (C=O) groups is 1. The maximum Gasteiger partial charge on any atom is 0.337 e. The van der Waals surface area contributed by atoms with E-state index in [0.717, 1.165) is 12.2 Å². The van der Waals surface area contributed by atoms with E-state index >= 15 is 0 Å². The zero-order chi connectivity index (χ0) is 12.0. The maximum absolute atomic E-state index is 11.3. The fourth-order valence-corrected chi connectivity index (χ4v) is 1.17. The lowest BCUT2D eigenvalue weighted by atomic mass is 10.2. The number of nitrogens with zero attached hydrogens (tertiary/aromatic N) is 2. The minimum absolute atomic E-state index is 0.343. The summed E-state index contributed by atoms with van der Waals surface area (Å²) in [6.07, 6.45) is 5.47. The zero-order valence-electron chi connectivity index (χ0n) is 9.80. The average molecular weight is 220 g/mol. The van der Waals surface area contributed by atoms with Gasteiger partial charge in [0.1, 0.15) is 0 Å². The summed E-state index contributed by atoms with van der Waals surface area (Å²) in [6, 6.07) is 3.34. The third-order valence-electron chi connectivity index (χ3n) is 1.96. The molecule has 0 aliphatic carbocycles. The molecule has 0 atom stereocenters. The molecule has 1 aromatic rings. The third-order valence-corrected chi connectivity index (χ3v) is 1.96. The highest BCUT2D eigenvalue weighted by molar-refractivity contribution is 5.89. The average Bonchev–Trinajstić information content (AvgIpc) is 2.28. The van der Waals surface area contributed by atoms with Crippen LogP contribution in [0.2, 0.25) is 0 Å². The van der Waals surface area contributed by atoms with Gasteiger partial charge in [0.2, 0.25) is 0 Å². The number of likely N-dealkylation sites (N-methyl/N-ethyl adjacent to an activating group) is 1. The first-order valence-corrected chi connectivity index (χ1v) is 4.99. The summed E-state index contributed by atoms with van der Waals surface area (Å²) in [4.78, 5) is 17.4. The van der Waals surface area contributed by atoms with Crippen molar-refractivity contribution in [2.45, 2.75) is 0 Å². The molecule has 0 saturated heterocycles. The Morgan fingerprint density at radius 1 is 1.56 bits per heavy atom. The number of esters is 1. The van der Waals surface area contributed by atoms with Crippen molar-refractivity contribution in [1.82, 2.24) is 9.88 Å². The number of hydrogen-bond acceptors (Lipinski definition) is 4. The molecule has 0 aliphatic rings. The van der Waals surface area contributed by atoms with E-state index in [2.05, 4.69) is 9.72 Å². The van der Waals surface area contributed by atoms with E-state index in [0.29, 0.717) is 5.56 Å². The molecule has 1 aromatic heterocycles. The number of aromatic nitrogens is 1. The van der Waals surface area contributed by atoms with Crippen molar-refractivity contribution in [3.8, 4) is 0 Å². The van der Waals surface area contributed by atoms with Crippen LogP contribution in [0.4, 0.5) is 0 Å². The molecule has 0 fully saturated rings. The molecule has 0 radical (unpaired) electrons. The number of ether oxygens (including phenoxy) is 1. The lowest BCUT2D eigenvalue weighted by Gasteiger charge is -2.03. The lowest BCUT2D eigenvalue weighted by Crippen LogP contribution is -2.10. The fourth-order valence-electron chi connectivity index (χ4n) is 1.17. The summed E-state index contributed by atoms with van der Waals surface area (Å²) in [5.74, 6) is -0.343. The zero-order valence-corrected chi connectivity index (χ0v) is 9.80. The monoisotopic (exact) mass is 220 g/mol. The summed E-state index contributed by atoms with van der Waals surface area (Å²) in [7, 11) is 5.34. The van der Waals surface area contributed by atoms with Crippen LogP contribution in [-0.2, 0) is 4.74 Å². The van der Waals surface area contributed by atoms with Crippen LogP contribution in [0.1, 0.15) is 16.1 Å². The Hall–Kier alpha value is -1.68. The molecule has 0 unspecified atom stereocenters. The number of rotatable bonds is 4. The number of pyridine rings is 1. The van der Waals surface area contributed by atoms with E-state index in [1.165, 1.54) is 7.11 Å². The van der Waals surface area contributed by atoms with E-state index in [4.69, 9.17) is 0 Å². The summed E-state index contributed by atoms with van der Waals surface area (Å²) in [5, 5.41) is 0. The van der Waals surface area contributed by atoms with E-state index in [9.17, 15) is 4.79 Å². The molecule has 0 spiro atoms. The molecule has 0 bridgehead atoms. The van der Waals surface area contributed by atoms with Crippen LogP contribution >= 0.6 is 0 Å². The van der Waals surface area contributed by atoms with Crippen molar-refractivity contribution < 1.29 is 9.53 Å². The Morgan fingerprint density at radius 2 is 2.31 bits per heavy atom. The molecule has 4 heteroatoms. The Morgan fingerprint density at radius 3 is 2.94 bits per heavy atom. The first-order chi connectivity index (χ1) is 7.63. The second-order valence-electron chi connectivity index (χ2n) is 3.63. The van der Waals surface area contributed by atoms with Gasteiger partial charge < -0.3 is 9.64 Å². The summed E-state index contributed by atoms with van der Waals surface area (Å²) < 4.78 is 4.63. The van der Waals surface area contributed by atoms with Gasteiger partial charge in [-0.05, 0) is 32.3 Å². The summed E-state index contributed by atoms with van der Waals surface area (Å²) in [5.41, 5.74) is 1.27. The van der Waals surface area contributed by atoms with Gasteiger partial charge in [0.15, 0.2) is 0 Å². The minimum atomic E-state index is -0.343. The van der Waals surface area contributed by atoms with Crippen molar-refractivity contribution in [2.24, 2.45) is 0 Å². The van der Waals surface area contributed by atoms with Crippen LogP contribution in [0.25, 0.3) is 6.08 Å². The Bertz CT molecular complexity index is 386. The molecule has 1 rings (SSSR count). The summed E-state index contributed by atoms with van der Waals surface area (Å²) >= 11 is 0. The molecule has 1 heterocycles. The van der Waals surface area contributed by atoms with Crippen molar-refractivity contribution in [3.63, 3.8) is 0 Å². The predicted octanol–water partition coefficient (Wildman–Crippen LogP) is 1.44. The topological polar surface area (TPSA) is 42.4 Å². The SMILES string of the molecule is COC(=O)c1ccnc(/C=C\CN(C)C)c1. The van der Waals surface area contributed by atoms with Gasteiger partial charge in [-0.2, -0.15) is 0 Å². The Balaban J connectivity index is 2.75. The van der Waals surface area contributed by atoms with E-state index < -0.39 is 0 Å². The van der Waals surface area contributed by atoms with E-state index in [1.54, 1.807) is 18.3 Å². The van der Waals surface area contributed by atoms with Crippen LogP contribution in [0.3, 0.4) is 0 Å². The molecule has 4 nitrogen and oxygen atoms in total. The van der Waals surface area contributed by atoms with Crippen molar-refractivity contribution >= 4 is 12.0 Å². The fraction of sp³-hybridized carbons (Fsp3) is 0.333. The van der Waals surface area contributed by atoms with Gasteiger partial charge in [-0.25, -0.2) is 4.79 Å². The van der Waals surface area contributed by atoms with Crippen molar-refractivity contribution in [1.29, 1.82) is 0 Å². The molecule has 0 saturated carbocycles. The predicted molar refractivity (Wildman–Crippen MR) is 63.2 cm³/mol. The number of carbonyl (C=O) groups excluding carboxylic acids is 1. The normalized spacial score (nSPS) is 11.0. The molecule has 0 aliphatic heterocycles. The van der Waals surface area contributed by atoms with Crippen LogP contribution in [0.15, 0.2) is 24.4 Å². The second-order valence-corrected chi connectivity index (χ2v) is 3.63. The Kier molecular flexibility index (Phi) is 4.66. The first kappa shape index (κ1) is 12.4. The second kappa shape index (κ2) is 6.02. The van der Waals surface area contributed by atoms with Crippen LogP contribution in [0, 0.1) is 0 Å². The number of hydrogen-bond donors (Lipinski definition) is 0. The van der Waals surface area contributed by atoms with Gasteiger partial charge in [-0.1, -0.05) is 6.08 Å².